The molecule has 2 aromatic rings. The van der Waals surface area contributed by atoms with Crippen molar-refractivity contribution in [2.75, 3.05) is 33.3 Å². The maximum Gasteiger partial charge on any atom is 0.338 e. The van der Waals surface area contributed by atoms with Crippen LogP contribution in [0.25, 0.3) is 0 Å². The Labute approximate surface area is 170 Å². The number of esters is 1. The average molecular weight is 425 g/mol. The zero-order valence-electron chi connectivity index (χ0n) is 15.7. The molecule has 0 aliphatic rings. The smallest absolute Gasteiger partial charge is 0.338 e. The number of ether oxygens (including phenoxy) is 4. The molecule has 0 radical (unpaired) electrons. The van der Waals surface area contributed by atoms with Crippen LogP contribution in [-0.4, -0.2) is 44.7 Å². The van der Waals surface area contributed by atoms with Crippen molar-refractivity contribution in [1.29, 1.82) is 0 Å². The Morgan fingerprint density at radius 2 is 1.69 bits per heavy atom. The molecule has 0 heterocycles. The van der Waals surface area contributed by atoms with Crippen molar-refractivity contribution in [2.45, 2.75) is 0 Å². The van der Waals surface area contributed by atoms with Gasteiger partial charge in [0.15, 0.2) is 12.4 Å². The lowest BCUT2D eigenvalue weighted by Crippen LogP contribution is -2.21. The van der Waals surface area contributed by atoms with Crippen LogP contribution in [0.2, 0.25) is 5.02 Å². The van der Waals surface area contributed by atoms with Crippen molar-refractivity contribution in [2.24, 2.45) is 0 Å². The fourth-order valence-corrected chi connectivity index (χ4v) is 2.55. The van der Waals surface area contributed by atoms with Crippen molar-refractivity contribution >= 4 is 34.9 Å². The van der Waals surface area contributed by atoms with Gasteiger partial charge in [0.25, 0.3) is 5.91 Å². The highest BCUT2D eigenvalue weighted by atomic mass is 35.5. The van der Waals surface area contributed by atoms with E-state index in [4.69, 9.17) is 30.5 Å². The first kappa shape index (κ1) is 21.8. The summed E-state index contributed by atoms with van der Waals surface area (Å²) in [6.07, 6.45) is 0. The van der Waals surface area contributed by atoms with Gasteiger partial charge >= 0.3 is 11.7 Å². The van der Waals surface area contributed by atoms with Crippen LogP contribution in [0.1, 0.15) is 10.4 Å². The molecule has 0 bridgehead atoms. The molecule has 0 aliphatic carbocycles. The minimum atomic E-state index is -0.911. The molecular formula is C18H17ClN2O8. The summed E-state index contributed by atoms with van der Waals surface area (Å²) in [5, 5.41) is 13.8. The Bertz CT molecular complexity index is 948. The van der Waals surface area contributed by atoms with Crippen molar-refractivity contribution in [3.63, 3.8) is 0 Å². The topological polar surface area (TPSA) is 126 Å². The number of methoxy groups -OCH3 is 3. The van der Waals surface area contributed by atoms with E-state index in [0.717, 1.165) is 6.07 Å². The van der Waals surface area contributed by atoms with Gasteiger partial charge in [0.05, 0.1) is 42.5 Å². The van der Waals surface area contributed by atoms with E-state index in [1.54, 1.807) is 0 Å². The molecule has 0 saturated carbocycles. The third kappa shape index (κ3) is 5.26. The molecule has 1 N–H and O–H groups in total. The number of anilines is 1. The van der Waals surface area contributed by atoms with Gasteiger partial charge in [-0.05, 0) is 12.1 Å². The molecule has 0 spiro atoms. The molecule has 10 nitrogen and oxygen atoms in total. The van der Waals surface area contributed by atoms with Gasteiger partial charge in [0, 0.05) is 18.2 Å². The molecule has 29 heavy (non-hydrogen) atoms. The molecule has 0 unspecified atom stereocenters. The van der Waals surface area contributed by atoms with E-state index in [1.165, 1.54) is 45.6 Å². The molecule has 1 amide bonds. The van der Waals surface area contributed by atoms with Crippen LogP contribution in [0.5, 0.6) is 17.2 Å². The lowest BCUT2D eigenvalue weighted by Gasteiger charge is -2.13. The van der Waals surface area contributed by atoms with E-state index in [1.807, 2.05) is 0 Å². The Kier molecular flexibility index (Phi) is 7.21. The number of hydrogen-bond donors (Lipinski definition) is 1. The van der Waals surface area contributed by atoms with Gasteiger partial charge in [0.2, 0.25) is 0 Å². The van der Waals surface area contributed by atoms with E-state index in [-0.39, 0.29) is 27.8 Å². The first-order chi connectivity index (χ1) is 13.8. The lowest BCUT2D eigenvalue weighted by molar-refractivity contribution is -0.385. The fourth-order valence-electron chi connectivity index (χ4n) is 2.32. The van der Waals surface area contributed by atoms with Crippen molar-refractivity contribution < 1.29 is 33.5 Å². The van der Waals surface area contributed by atoms with Crippen LogP contribution in [0, 0.1) is 10.1 Å². The van der Waals surface area contributed by atoms with Gasteiger partial charge in [-0.1, -0.05) is 11.6 Å². The van der Waals surface area contributed by atoms with E-state index in [9.17, 15) is 19.7 Å². The fraction of sp³-hybridized carbons (Fsp3) is 0.222. The Morgan fingerprint density at radius 1 is 1.03 bits per heavy atom. The number of nitrogens with zero attached hydrogens (tertiary/aromatic N) is 1. The molecule has 0 fully saturated rings. The number of rotatable bonds is 8. The normalized spacial score (nSPS) is 10.1. The molecule has 0 saturated heterocycles. The molecule has 0 aliphatic heterocycles. The first-order valence-electron chi connectivity index (χ1n) is 8.01. The Hall–Kier alpha value is -3.53. The van der Waals surface area contributed by atoms with Crippen molar-refractivity contribution in [3.05, 3.63) is 51.0 Å². The van der Waals surface area contributed by atoms with Crippen LogP contribution in [0.15, 0.2) is 30.3 Å². The monoisotopic (exact) mass is 424 g/mol. The number of carbonyl (C=O) groups is 2. The van der Waals surface area contributed by atoms with Gasteiger partial charge in [-0.25, -0.2) is 4.79 Å². The highest BCUT2D eigenvalue weighted by Gasteiger charge is 2.20. The number of nitro benzene ring substituents is 1. The van der Waals surface area contributed by atoms with Crippen LogP contribution in [0.3, 0.4) is 0 Å². The minimum Gasteiger partial charge on any atom is -0.495 e. The second kappa shape index (κ2) is 9.60. The number of nitro groups is 1. The summed E-state index contributed by atoms with van der Waals surface area (Å²) in [6, 6.07) is 6.47. The zero-order valence-corrected chi connectivity index (χ0v) is 16.4. The summed E-state index contributed by atoms with van der Waals surface area (Å²) in [5.41, 5.74) is -0.240. The molecule has 154 valence electrons. The maximum atomic E-state index is 12.1. The first-order valence-corrected chi connectivity index (χ1v) is 8.39. The second-order valence-electron chi connectivity index (χ2n) is 5.46. The minimum absolute atomic E-state index is 0.00641. The van der Waals surface area contributed by atoms with Crippen LogP contribution >= 0.6 is 11.6 Å². The SMILES string of the molecule is COc1cc(NC(=O)COC(=O)c2ccc(OC)c([N+](=O)[O-])c2)c(OC)cc1Cl. The summed E-state index contributed by atoms with van der Waals surface area (Å²) in [7, 11) is 4.07. The number of halogens is 1. The molecule has 2 aromatic carbocycles. The van der Waals surface area contributed by atoms with Crippen molar-refractivity contribution in [3.8, 4) is 17.2 Å². The number of benzene rings is 2. The summed E-state index contributed by atoms with van der Waals surface area (Å²) < 4.78 is 20.0. The van der Waals surface area contributed by atoms with Crippen LogP contribution in [-0.2, 0) is 9.53 Å². The summed E-state index contributed by atoms with van der Waals surface area (Å²) in [4.78, 5) is 34.6. The second-order valence-corrected chi connectivity index (χ2v) is 5.86. The Balaban J connectivity index is 2.07. The highest BCUT2D eigenvalue weighted by molar-refractivity contribution is 6.32. The molecule has 0 atom stereocenters. The predicted octanol–water partition coefficient (Wildman–Crippen LogP) is 3.07. The van der Waals surface area contributed by atoms with Gasteiger partial charge < -0.3 is 24.3 Å². The average Bonchev–Trinajstić information content (AvgIpc) is 2.72. The van der Waals surface area contributed by atoms with Crippen LogP contribution < -0.4 is 19.5 Å². The highest BCUT2D eigenvalue weighted by Crippen LogP contribution is 2.35. The van der Waals surface area contributed by atoms with E-state index < -0.39 is 29.1 Å². The van der Waals surface area contributed by atoms with E-state index in [2.05, 4.69) is 5.32 Å². The third-order valence-electron chi connectivity index (χ3n) is 3.69. The van der Waals surface area contributed by atoms with E-state index >= 15 is 0 Å². The van der Waals surface area contributed by atoms with Gasteiger partial charge in [-0.2, -0.15) is 0 Å². The third-order valence-corrected chi connectivity index (χ3v) is 3.99. The standard InChI is InChI=1S/C18H17ClN2O8/c1-26-14-5-4-10(6-13(14)21(24)25)18(23)29-9-17(22)20-12-8-15(27-2)11(19)7-16(12)28-3/h4-8H,9H2,1-3H3,(H,20,22). The lowest BCUT2D eigenvalue weighted by atomic mass is 10.2. The number of hydrogen-bond acceptors (Lipinski definition) is 8. The van der Waals surface area contributed by atoms with Gasteiger partial charge in [-0.3, -0.25) is 14.9 Å². The molecular weight excluding hydrogens is 408 g/mol. The molecule has 11 heteroatoms. The summed E-state index contributed by atoms with van der Waals surface area (Å²) in [6.45, 7) is -0.632. The summed E-state index contributed by atoms with van der Waals surface area (Å²) >= 11 is 6.00. The number of amides is 1. The number of nitrogens with one attached hydrogen (secondary N) is 1. The maximum absolute atomic E-state index is 12.1. The molecule has 2 rings (SSSR count). The zero-order chi connectivity index (χ0) is 21.6. The largest absolute Gasteiger partial charge is 0.495 e. The van der Waals surface area contributed by atoms with E-state index in [0.29, 0.717) is 5.75 Å². The summed E-state index contributed by atoms with van der Waals surface area (Å²) in [5.74, 6) is -0.991. The predicted molar refractivity (Wildman–Crippen MR) is 103 cm³/mol. The Morgan fingerprint density at radius 3 is 2.28 bits per heavy atom. The quantitative estimate of drug-likeness (QED) is 0.389. The van der Waals surface area contributed by atoms with Crippen molar-refractivity contribution in [1.82, 2.24) is 0 Å². The molecule has 0 aromatic heterocycles. The van der Waals surface area contributed by atoms with Gasteiger partial charge in [-0.15, -0.1) is 0 Å². The van der Waals surface area contributed by atoms with Gasteiger partial charge in [0.1, 0.15) is 11.5 Å². The van der Waals surface area contributed by atoms with Crippen LogP contribution in [0.4, 0.5) is 11.4 Å². The number of carbonyl (C=O) groups excluding carboxylic acids is 2.